The van der Waals surface area contributed by atoms with Crippen molar-refractivity contribution in [2.75, 3.05) is 13.2 Å². The van der Waals surface area contributed by atoms with E-state index >= 15 is 0 Å². The van der Waals surface area contributed by atoms with Crippen LogP contribution >= 0.6 is 0 Å². The monoisotopic (exact) mass is 237 g/mol. The molecular formula is C12H19N3O2. The zero-order chi connectivity index (χ0) is 12.5. The highest BCUT2D eigenvalue weighted by atomic mass is 16.5. The van der Waals surface area contributed by atoms with Gasteiger partial charge in [0.2, 0.25) is 0 Å². The summed E-state index contributed by atoms with van der Waals surface area (Å²) in [5.41, 5.74) is 7.10. The van der Waals surface area contributed by atoms with E-state index in [0.29, 0.717) is 6.61 Å². The lowest BCUT2D eigenvalue weighted by molar-refractivity contribution is 0.154. The number of unbranched alkanes of at least 4 members (excludes halogenated alkanes) is 1. The Balaban J connectivity index is 2.05. The van der Waals surface area contributed by atoms with Crippen LogP contribution in [0, 0.1) is 6.92 Å². The molecule has 1 heterocycles. The highest BCUT2D eigenvalue weighted by Gasteiger charge is 1.98. The first-order chi connectivity index (χ1) is 8.20. The Bertz CT molecular complexity index is 355. The molecule has 1 aromatic rings. The molecule has 0 saturated heterocycles. The molecule has 17 heavy (non-hydrogen) atoms. The van der Waals surface area contributed by atoms with Gasteiger partial charge in [-0.05, 0) is 37.9 Å². The summed E-state index contributed by atoms with van der Waals surface area (Å²) >= 11 is 0. The fourth-order valence-corrected chi connectivity index (χ4v) is 1.44. The van der Waals surface area contributed by atoms with Crippen molar-refractivity contribution in [1.29, 1.82) is 0 Å². The number of carbonyl (C=O) groups is 1. The maximum absolute atomic E-state index is 10.3. The van der Waals surface area contributed by atoms with Crippen molar-refractivity contribution in [3.8, 4) is 0 Å². The molecule has 0 atom stereocenters. The van der Waals surface area contributed by atoms with Crippen molar-refractivity contribution >= 4 is 6.09 Å². The van der Waals surface area contributed by atoms with Gasteiger partial charge >= 0.3 is 6.09 Å². The van der Waals surface area contributed by atoms with Crippen LogP contribution in [0.3, 0.4) is 0 Å². The van der Waals surface area contributed by atoms with Crippen LogP contribution in [0.2, 0.25) is 0 Å². The van der Waals surface area contributed by atoms with Gasteiger partial charge in [0, 0.05) is 12.7 Å². The van der Waals surface area contributed by atoms with Crippen LogP contribution in [0.15, 0.2) is 18.3 Å². The number of primary amides is 1. The number of amides is 1. The van der Waals surface area contributed by atoms with Crippen LogP contribution in [-0.2, 0) is 11.3 Å². The highest BCUT2D eigenvalue weighted by molar-refractivity contribution is 5.64. The first kappa shape index (κ1) is 13.4. The molecule has 0 aromatic carbocycles. The van der Waals surface area contributed by atoms with Crippen molar-refractivity contribution in [2.45, 2.75) is 26.3 Å². The minimum Gasteiger partial charge on any atom is -0.450 e. The minimum atomic E-state index is -0.706. The summed E-state index contributed by atoms with van der Waals surface area (Å²) in [5.74, 6) is 0. The molecule has 1 amide bonds. The Hall–Kier alpha value is -1.62. The summed E-state index contributed by atoms with van der Waals surface area (Å²) in [6.07, 6.45) is 2.85. The summed E-state index contributed by atoms with van der Waals surface area (Å²) in [5, 5.41) is 3.30. The molecule has 0 aliphatic rings. The largest absolute Gasteiger partial charge is 0.450 e. The number of pyridine rings is 1. The summed E-state index contributed by atoms with van der Waals surface area (Å²) in [6, 6.07) is 3.98. The van der Waals surface area contributed by atoms with Crippen molar-refractivity contribution in [1.82, 2.24) is 10.3 Å². The third-order valence-electron chi connectivity index (χ3n) is 2.40. The van der Waals surface area contributed by atoms with E-state index in [1.54, 1.807) is 6.20 Å². The third kappa shape index (κ3) is 5.87. The van der Waals surface area contributed by atoms with Gasteiger partial charge in [-0.15, -0.1) is 0 Å². The number of hydrogen-bond acceptors (Lipinski definition) is 4. The molecule has 5 heteroatoms. The second-order valence-corrected chi connectivity index (χ2v) is 3.82. The molecule has 0 aliphatic carbocycles. The van der Waals surface area contributed by atoms with E-state index in [4.69, 9.17) is 5.73 Å². The topological polar surface area (TPSA) is 77.2 Å². The fourth-order valence-electron chi connectivity index (χ4n) is 1.44. The van der Waals surface area contributed by atoms with Gasteiger partial charge in [0.1, 0.15) is 0 Å². The fraction of sp³-hybridized carbons (Fsp3) is 0.500. The number of aromatic nitrogens is 1. The zero-order valence-electron chi connectivity index (χ0n) is 10.1. The molecule has 5 nitrogen and oxygen atoms in total. The van der Waals surface area contributed by atoms with Gasteiger partial charge in [-0.25, -0.2) is 4.79 Å². The molecule has 0 bridgehead atoms. The molecule has 0 fully saturated rings. The second-order valence-electron chi connectivity index (χ2n) is 3.82. The van der Waals surface area contributed by atoms with Crippen molar-refractivity contribution in [2.24, 2.45) is 5.73 Å². The van der Waals surface area contributed by atoms with Crippen molar-refractivity contribution in [3.63, 3.8) is 0 Å². The molecule has 0 unspecified atom stereocenters. The number of nitrogens with zero attached hydrogens (tertiary/aromatic N) is 1. The number of rotatable bonds is 7. The molecule has 3 N–H and O–H groups in total. The van der Waals surface area contributed by atoms with Crippen molar-refractivity contribution < 1.29 is 9.53 Å². The van der Waals surface area contributed by atoms with E-state index in [1.807, 2.05) is 19.1 Å². The SMILES string of the molecule is Cc1cccnc1CNCCCCOC(N)=O. The van der Waals surface area contributed by atoms with E-state index in [9.17, 15) is 4.79 Å². The van der Waals surface area contributed by atoms with E-state index < -0.39 is 6.09 Å². The van der Waals surface area contributed by atoms with Gasteiger partial charge in [0.25, 0.3) is 0 Å². The molecule has 0 spiro atoms. The lowest BCUT2D eigenvalue weighted by atomic mass is 10.2. The number of aryl methyl sites for hydroxylation is 1. The average molecular weight is 237 g/mol. The van der Waals surface area contributed by atoms with E-state index in [0.717, 1.165) is 31.6 Å². The standard InChI is InChI=1S/C12H19N3O2/c1-10-5-4-7-15-11(10)9-14-6-2-3-8-17-12(13)16/h4-5,7,14H,2-3,6,8-9H2,1H3,(H2,13,16). The van der Waals surface area contributed by atoms with Gasteiger partial charge in [0.15, 0.2) is 0 Å². The molecular weight excluding hydrogens is 218 g/mol. The Morgan fingerprint density at radius 2 is 2.35 bits per heavy atom. The summed E-state index contributed by atoms with van der Waals surface area (Å²) in [4.78, 5) is 14.6. The Labute approximate surface area is 101 Å². The lowest BCUT2D eigenvalue weighted by Gasteiger charge is -2.06. The number of ether oxygens (including phenoxy) is 1. The number of nitrogens with two attached hydrogens (primary N) is 1. The second kappa shape index (κ2) is 7.62. The van der Waals surface area contributed by atoms with E-state index in [2.05, 4.69) is 15.0 Å². The lowest BCUT2D eigenvalue weighted by Crippen LogP contribution is -2.18. The number of hydrogen-bond donors (Lipinski definition) is 2. The quantitative estimate of drug-likeness (QED) is 0.702. The first-order valence-electron chi connectivity index (χ1n) is 5.73. The van der Waals surface area contributed by atoms with Crippen LogP contribution < -0.4 is 11.1 Å². The van der Waals surface area contributed by atoms with Crippen LogP contribution in [0.5, 0.6) is 0 Å². The van der Waals surface area contributed by atoms with Crippen molar-refractivity contribution in [3.05, 3.63) is 29.6 Å². The predicted octanol–water partition coefficient (Wildman–Crippen LogP) is 1.36. The van der Waals surface area contributed by atoms with E-state index in [1.165, 1.54) is 5.56 Å². The molecule has 0 saturated carbocycles. The molecule has 0 radical (unpaired) electrons. The Kier molecular flexibility index (Phi) is 6.03. The van der Waals surface area contributed by atoms with Gasteiger partial charge in [-0.2, -0.15) is 0 Å². The van der Waals surface area contributed by atoms with Crippen LogP contribution in [0.4, 0.5) is 4.79 Å². The predicted molar refractivity (Wildman–Crippen MR) is 65.5 cm³/mol. The van der Waals surface area contributed by atoms with Crippen LogP contribution in [-0.4, -0.2) is 24.2 Å². The van der Waals surface area contributed by atoms with Gasteiger partial charge in [-0.3, -0.25) is 4.98 Å². The van der Waals surface area contributed by atoms with Crippen LogP contribution in [0.1, 0.15) is 24.1 Å². The molecule has 94 valence electrons. The Morgan fingerprint density at radius 3 is 3.06 bits per heavy atom. The van der Waals surface area contributed by atoms with Gasteiger partial charge in [-0.1, -0.05) is 6.07 Å². The summed E-state index contributed by atoms with van der Waals surface area (Å²) in [7, 11) is 0. The van der Waals surface area contributed by atoms with Gasteiger partial charge < -0.3 is 15.8 Å². The number of carbonyl (C=O) groups excluding carboxylic acids is 1. The molecule has 1 rings (SSSR count). The highest BCUT2D eigenvalue weighted by Crippen LogP contribution is 2.02. The normalized spacial score (nSPS) is 10.2. The van der Waals surface area contributed by atoms with Gasteiger partial charge in [0.05, 0.1) is 12.3 Å². The Morgan fingerprint density at radius 1 is 1.53 bits per heavy atom. The minimum absolute atomic E-state index is 0.389. The average Bonchev–Trinajstić information content (AvgIpc) is 2.30. The number of nitrogens with one attached hydrogen (secondary N) is 1. The first-order valence-corrected chi connectivity index (χ1v) is 5.73. The zero-order valence-corrected chi connectivity index (χ0v) is 10.1. The maximum Gasteiger partial charge on any atom is 0.404 e. The molecule has 1 aromatic heterocycles. The van der Waals surface area contributed by atoms with Crippen LogP contribution in [0.25, 0.3) is 0 Å². The molecule has 0 aliphatic heterocycles. The summed E-state index contributed by atoms with van der Waals surface area (Å²) < 4.78 is 4.62. The maximum atomic E-state index is 10.3. The summed E-state index contributed by atoms with van der Waals surface area (Å²) in [6.45, 7) is 4.08. The third-order valence-corrected chi connectivity index (χ3v) is 2.40. The smallest absolute Gasteiger partial charge is 0.404 e. The van der Waals surface area contributed by atoms with E-state index in [-0.39, 0.29) is 0 Å².